The van der Waals surface area contributed by atoms with E-state index in [-0.39, 0.29) is 6.29 Å². The second kappa shape index (κ2) is 9.19. The fourth-order valence-corrected chi connectivity index (χ4v) is 1.03. The molecular weight excluding hydrogens is 172 g/mol. The van der Waals surface area contributed by atoms with Gasteiger partial charge in [0.25, 0.3) is 0 Å². The van der Waals surface area contributed by atoms with Gasteiger partial charge in [-0.1, -0.05) is 13.8 Å². The average molecular weight is 192 g/mol. The highest BCUT2D eigenvalue weighted by Gasteiger charge is 2.04. The first-order valence-electron chi connectivity index (χ1n) is 4.57. The van der Waals surface area contributed by atoms with Crippen LogP contribution in [0.5, 0.6) is 0 Å². The SMILES string of the molecule is CCCOCC(O[SiH3])OCCC. The molecule has 0 radical (unpaired) electrons. The second-order valence-corrected chi connectivity index (χ2v) is 3.08. The lowest BCUT2D eigenvalue weighted by Crippen LogP contribution is -2.23. The number of hydrogen-bond acceptors (Lipinski definition) is 3. The van der Waals surface area contributed by atoms with E-state index in [0.29, 0.717) is 17.1 Å². The summed E-state index contributed by atoms with van der Waals surface area (Å²) in [6.45, 7) is 6.27. The molecule has 0 saturated heterocycles. The van der Waals surface area contributed by atoms with Gasteiger partial charge in [0.15, 0.2) is 6.29 Å². The van der Waals surface area contributed by atoms with Crippen LogP contribution in [0.4, 0.5) is 0 Å². The van der Waals surface area contributed by atoms with E-state index in [1.165, 1.54) is 0 Å². The third kappa shape index (κ3) is 6.79. The summed E-state index contributed by atoms with van der Waals surface area (Å²) in [6, 6.07) is 0. The molecule has 3 nitrogen and oxygen atoms in total. The molecule has 0 fully saturated rings. The van der Waals surface area contributed by atoms with Crippen molar-refractivity contribution in [3.8, 4) is 0 Å². The molecule has 74 valence electrons. The Morgan fingerprint density at radius 1 is 1.17 bits per heavy atom. The Morgan fingerprint density at radius 2 is 1.83 bits per heavy atom. The van der Waals surface area contributed by atoms with Crippen molar-refractivity contribution in [3.05, 3.63) is 0 Å². The van der Waals surface area contributed by atoms with Crippen LogP contribution in [-0.4, -0.2) is 36.6 Å². The topological polar surface area (TPSA) is 27.7 Å². The molecule has 0 heterocycles. The number of rotatable bonds is 8. The predicted molar refractivity (Wildman–Crippen MR) is 52.2 cm³/mol. The van der Waals surface area contributed by atoms with Gasteiger partial charge in [0.05, 0.1) is 6.61 Å². The summed E-state index contributed by atoms with van der Waals surface area (Å²) in [5.41, 5.74) is 0. The van der Waals surface area contributed by atoms with Crippen LogP contribution in [0, 0.1) is 0 Å². The molecule has 1 unspecified atom stereocenters. The van der Waals surface area contributed by atoms with Crippen molar-refractivity contribution in [2.24, 2.45) is 0 Å². The minimum atomic E-state index is -0.136. The molecule has 0 aromatic carbocycles. The van der Waals surface area contributed by atoms with Crippen LogP contribution >= 0.6 is 0 Å². The van der Waals surface area contributed by atoms with E-state index in [9.17, 15) is 0 Å². The summed E-state index contributed by atoms with van der Waals surface area (Å²) in [6.07, 6.45) is 1.93. The summed E-state index contributed by atoms with van der Waals surface area (Å²) in [5.74, 6) is 0. The van der Waals surface area contributed by atoms with Gasteiger partial charge >= 0.3 is 0 Å². The lowest BCUT2D eigenvalue weighted by atomic mass is 10.5. The fraction of sp³-hybridized carbons (Fsp3) is 1.00. The van der Waals surface area contributed by atoms with Gasteiger partial charge in [-0.3, -0.25) is 0 Å². The van der Waals surface area contributed by atoms with Crippen molar-refractivity contribution >= 4 is 10.5 Å². The Labute approximate surface area is 77.9 Å². The van der Waals surface area contributed by atoms with Crippen LogP contribution in [-0.2, 0) is 13.9 Å². The summed E-state index contributed by atoms with van der Waals surface area (Å²) >= 11 is 0. The lowest BCUT2D eigenvalue weighted by molar-refractivity contribution is -0.118. The normalized spacial score (nSPS) is 13.5. The number of ether oxygens (including phenoxy) is 2. The fourth-order valence-electron chi connectivity index (χ4n) is 0.757. The molecule has 12 heavy (non-hydrogen) atoms. The largest absolute Gasteiger partial charge is 0.402 e. The maximum Gasteiger partial charge on any atom is 0.170 e. The van der Waals surface area contributed by atoms with Crippen LogP contribution in [0.15, 0.2) is 0 Å². The second-order valence-electron chi connectivity index (χ2n) is 2.61. The predicted octanol–water partition coefficient (Wildman–Crippen LogP) is 0.463. The molecule has 1 atom stereocenters. The van der Waals surface area contributed by atoms with E-state index in [0.717, 1.165) is 26.1 Å². The van der Waals surface area contributed by atoms with Crippen molar-refractivity contribution < 1.29 is 13.9 Å². The van der Waals surface area contributed by atoms with E-state index < -0.39 is 0 Å². The molecule has 0 saturated carbocycles. The molecule has 0 spiro atoms. The first kappa shape index (κ1) is 12.1. The molecule has 0 amide bonds. The van der Waals surface area contributed by atoms with Gasteiger partial charge in [0.2, 0.25) is 0 Å². The van der Waals surface area contributed by atoms with Gasteiger partial charge in [-0.15, -0.1) is 0 Å². The Kier molecular flexibility index (Phi) is 9.26. The van der Waals surface area contributed by atoms with Crippen LogP contribution in [0.3, 0.4) is 0 Å². The molecule has 0 aromatic rings. The number of hydrogen-bond donors (Lipinski definition) is 0. The Bertz CT molecular complexity index is 90.4. The zero-order valence-electron chi connectivity index (χ0n) is 8.34. The zero-order chi connectivity index (χ0) is 9.23. The lowest BCUT2D eigenvalue weighted by Gasteiger charge is -2.16. The van der Waals surface area contributed by atoms with Crippen LogP contribution in [0.25, 0.3) is 0 Å². The third-order valence-corrected chi connectivity index (χ3v) is 1.90. The van der Waals surface area contributed by atoms with Crippen LogP contribution < -0.4 is 0 Å². The van der Waals surface area contributed by atoms with E-state index in [4.69, 9.17) is 13.9 Å². The molecule has 4 heteroatoms. The molecule has 0 rings (SSSR count). The first-order valence-corrected chi connectivity index (χ1v) is 5.38. The summed E-state index contributed by atoms with van der Waals surface area (Å²) < 4.78 is 15.9. The summed E-state index contributed by atoms with van der Waals surface area (Å²) in [4.78, 5) is 0. The smallest absolute Gasteiger partial charge is 0.170 e. The van der Waals surface area contributed by atoms with E-state index in [2.05, 4.69) is 13.8 Å². The monoisotopic (exact) mass is 192 g/mol. The van der Waals surface area contributed by atoms with Gasteiger partial charge in [-0.25, -0.2) is 0 Å². The van der Waals surface area contributed by atoms with Crippen LogP contribution in [0.1, 0.15) is 26.7 Å². The highest BCUT2D eigenvalue weighted by atomic mass is 28.2. The first-order chi connectivity index (χ1) is 5.85. The molecule has 0 N–H and O–H groups in total. The van der Waals surface area contributed by atoms with Gasteiger partial charge in [0, 0.05) is 13.2 Å². The van der Waals surface area contributed by atoms with Gasteiger partial charge < -0.3 is 13.9 Å². The van der Waals surface area contributed by atoms with Gasteiger partial charge in [-0.2, -0.15) is 0 Å². The van der Waals surface area contributed by atoms with Crippen molar-refractivity contribution in [2.45, 2.75) is 33.0 Å². The van der Waals surface area contributed by atoms with Crippen molar-refractivity contribution in [1.82, 2.24) is 0 Å². The van der Waals surface area contributed by atoms with E-state index in [1.807, 2.05) is 0 Å². The standard InChI is InChI=1S/C8H20O3Si/c1-3-5-9-7-8(11-12)10-6-4-2/h8H,3-7H2,1-2,12H3. The molecule has 0 bridgehead atoms. The van der Waals surface area contributed by atoms with Crippen molar-refractivity contribution in [1.29, 1.82) is 0 Å². The maximum atomic E-state index is 5.37. The van der Waals surface area contributed by atoms with Crippen molar-refractivity contribution in [3.63, 3.8) is 0 Å². The summed E-state index contributed by atoms with van der Waals surface area (Å²) in [7, 11) is 0.702. The van der Waals surface area contributed by atoms with E-state index in [1.54, 1.807) is 0 Å². The molecule has 0 aliphatic rings. The highest BCUT2D eigenvalue weighted by Crippen LogP contribution is 1.95. The maximum absolute atomic E-state index is 5.37. The van der Waals surface area contributed by atoms with Crippen molar-refractivity contribution in [2.75, 3.05) is 19.8 Å². The molecule has 0 aromatic heterocycles. The summed E-state index contributed by atoms with van der Waals surface area (Å²) in [5, 5.41) is 0. The van der Waals surface area contributed by atoms with Gasteiger partial charge in [0.1, 0.15) is 10.5 Å². The highest BCUT2D eigenvalue weighted by molar-refractivity contribution is 5.98. The Hall–Kier alpha value is 0.0969. The Balaban J connectivity index is 3.26. The zero-order valence-corrected chi connectivity index (χ0v) is 10.3. The van der Waals surface area contributed by atoms with E-state index >= 15 is 0 Å². The molecule has 0 aliphatic carbocycles. The molecule has 0 aliphatic heterocycles. The quantitative estimate of drug-likeness (QED) is 0.318. The third-order valence-electron chi connectivity index (χ3n) is 1.37. The van der Waals surface area contributed by atoms with Gasteiger partial charge in [-0.05, 0) is 12.8 Å². The average Bonchev–Trinajstić information content (AvgIpc) is 2.11. The van der Waals surface area contributed by atoms with Crippen LogP contribution in [0.2, 0.25) is 0 Å². The Morgan fingerprint density at radius 3 is 2.33 bits per heavy atom. The molecular formula is C8H20O3Si. The minimum Gasteiger partial charge on any atom is -0.402 e. The minimum absolute atomic E-state index is 0.136.